The number of carbonyl (C=O) groups excluding carboxylic acids is 2. The molecule has 1 N–H and O–H groups in total. The number of rotatable bonds is 5. The van der Waals surface area contributed by atoms with Crippen molar-refractivity contribution in [2.75, 3.05) is 6.54 Å². The maximum Gasteiger partial charge on any atom is 0.246 e. The smallest absolute Gasteiger partial charge is 0.246 e. The molecule has 0 aliphatic carbocycles. The molecule has 2 unspecified atom stereocenters. The first-order chi connectivity index (χ1) is 8.36. The Hall–Kier alpha value is -1.03. The number of halogens is 1. The normalized spacial score (nSPS) is 24.4. The Balaban J connectivity index is 2.89. The summed E-state index contributed by atoms with van der Waals surface area (Å²) in [6.07, 6.45) is 1.22. The number of carbonyl (C=O) groups is 2. The molecule has 4 nitrogen and oxygen atoms in total. The average Bonchev–Trinajstić information content (AvgIpc) is 2.24. The van der Waals surface area contributed by atoms with Crippen LogP contribution in [0.15, 0.2) is 11.6 Å². The van der Waals surface area contributed by atoms with Crippen LogP contribution in [0.25, 0.3) is 0 Å². The molecule has 0 spiro atoms. The van der Waals surface area contributed by atoms with Gasteiger partial charge in [-0.3, -0.25) is 9.59 Å². The van der Waals surface area contributed by atoms with E-state index in [1.165, 1.54) is 0 Å². The second-order valence-electron chi connectivity index (χ2n) is 5.10. The van der Waals surface area contributed by atoms with Gasteiger partial charge in [-0.25, -0.2) is 0 Å². The third-order valence-electron chi connectivity index (χ3n) is 3.01. The molecular formula is C13H21ClN2O2. The molecule has 102 valence electrons. The number of nitrogens with one attached hydrogen (secondary N) is 1. The number of hydrogen-bond acceptors (Lipinski definition) is 2. The lowest BCUT2D eigenvalue weighted by molar-refractivity contribution is -0.149. The highest BCUT2D eigenvalue weighted by Crippen LogP contribution is 2.19. The average molecular weight is 273 g/mol. The molecule has 0 aromatic heterocycles. The van der Waals surface area contributed by atoms with E-state index in [4.69, 9.17) is 11.6 Å². The number of hydrogen-bond donors (Lipinski definition) is 1. The Morgan fingerprint density at radius 1 is 1.50 bits per heavy atom. The number of nitrogens with zero attached hydrogens (tertiary/aromatic N) is 1. The first-order valence-electron chi connectivity index (χ1n) is 6.30. The molecule has 2 atom stereocenters. The van der Waals surface area contributed by atoms with Crippen molar-refractivity contribution in [3.05, 3.63) is 11.6 Å². The van der Waals surface area contributed by atoms with Crippen molar-refractivity contribution in [1.29, 1.82) is 0 Å². The zero-order chi connectivity index (χ0) is 13.9. The fourth-order valence-corrected chi connectivity index (χ4v) is 2.36. The largest absolute Gasteiger partial charge is 0.342 e. The molecule has 0 bridgehead atoms. The van der Waals surface area contributed by atoms with Crippen LogP contribution in [0, 0.1) is 5.92 Å². The van der Waals surface area contributed by atoms with Crippen LogP contribution in [0.5, 0.6) is 0 Å². The zero-order valence-corrected chi connectivity index (χ0v) is 12.0. The molecule has 0 saturated carbocycles. The summed E-state index contributed by atoms with van der Waals surface area (Å²) in [4.78, 5) is 25.8. The summed E-state index contributed by atoms with van der Waals surface area (Å²) in [5, 5.41) is 3.17. The molecule has 1 rings (SSSR count). The van der Waals surface area contributed by atoms with E-state index in [0.29, 0.717) is 23.8 Å². The van der Waals surface area contributed by atoms with Crippen LogP contribution >= 0.6 is 11.6 Å². The van der Waals surface area contributed by atoms with E-state index in [-0.39, 0.29) is 18.4 Å². The van der Waals surface area contributed by atoms with E-state index in [1.54, 1.807) is 4.90 Å². The Morgan fingerprint density at radius 3 is 2.56 bits per heavy atom. The van der Waals surface area contributed by atoms with Crippen molar-refractivity contribution < 1.29 is 9.59 Å². The fourth-order valence-electron chi connectivity index (χ4n) is 2.23. The highest BCUT2D eigenvalue weighted by molar-refractivity contribution is 6.29. The zero-order valence-electron chi connectivity index (χ0n) is 11.2. The van der Waals surface area contributed by atoms with Crippen LogP contribution in [0.2, 0.25) is 0 Å². The van der Waals surface area contributed by atoms with Crippen molar-refractivity contribution in [2.24, 2.45) is 5.92 Å². The Labute approximate surface area is 113 Å². The summed E-state index contributed by atoms with van der Waals surface area (Å²) in [5.74, 6) is 0.191. The van der Waals surface area contributed by atoms with Crippen LogP contribution < -0.4 is 5.32 Å². The quantitative estimate of drug-likeness (QED) is 0.831. The maximum atomic E-state index is 12.3. The number of piperazine rings is 1. The van der Waals surface area contributed by atoms with Crippen LogP contribution in [0.4, 0.5) is 0 Å². The van der Waals surface area contributed by atoms with Gasteiger partial charge in [0.25, 0.3) is 0 Å². The molecular weight excluding hydrogens is 252 g/mol. The van der Waals surface area contributed by atoms with Gasteiger partial charge in [0.2, 0.25) is 11.8 Å². The standard InChI is InChI=1S/C13H21ClN2O2/c1-5-11-12(17)15-10(6-8(2)3)13(18)16(11)7-9(4)14/h8,10-11H,4-7H2,1-3H3,(H,15,17). The van der Waals surface area contributed by atoms with Gasteiger partial charge in [0.15, 0.2) is 0 Å². The molecule has 5 heteroatoms. The first kappa shape index (κ1) is 15.0. The van der Waals surface area contributed by atoms with Crippen LogP contribution in [0.1, 0.15) is 33.6 Å². The van der Waals surface area contributed by atoms with Crippen LogP contribution in [-0.4, -0.2) is 35.3 Å². The third-order valence-corrected chi connectivity index (χ3v) is 3.13. The molecule has 1 aliphatic heterocycles. The molecule has 0 aromatic rings. The summed E-state index contributed by atoms with van der Waals surface area (Å²) < 4.78 is 0. The van der Waals surface area contributed by atoms with Gasteiger partial charge >= 0.3 is 0 Å². The summed E-state index contributed by atoms with van der Waals surface area (Å²) in [6.45, 7) is 9.77. The lowest BCUT2D eigenvalue weighted by atomic mass is 9.97. The van der Waals surface area contributed by atoms with E-state index in [1.807, 2.05) is 20.8 Å². The van der Waals surface area contributed by atoms with E-state index >= 15 is 0 Å². The fraction of sp³-hybridized carbons (Fsp3) is 0.692. The van der Waals surface area contributed by atoms with Crippen molar-refractivity contribution in [3.8, 4) is 0 Å². The lowest BCUT2D eigenvalue weighted by Gasteiger charge is -2.39. The number of amides is 2. The first-order valence-corrected chi connectivity index (χ1v) is 6.68. The molecule has 1 fully saturated rings. The Morgan fingerprint density at radius 2 is 2.11 bits per heavy atom. The molecule has 0 aromatic carbocycles. The summed E-state index contributed by atoms with van der Waals surface area (Å²) in [7, 11) is 0. The minimum Gasteiger partial charge on any atom is -0.342 e. The van der Waals surface area contributed by atoms with E-state index in [9.17, 15) is 9.59 Å². The molecule has 0 radical (unpaired) electrons. The molecule has 2 amide bonds. The van der Waals surface area contributed by atoms with Gasteiger partial charge in [0.05, 0.1) is 6.54 Å². The SMILES string of the molecule is C=C(Cl)CN1C(=O)C(CC(C)C)NC(=O)C1CC. The molecule has 1 saturated heterocycles. The van der Waals surface area contributed by atoms with Crippen molar-refractivity contribution in [2.45, 2.75) is 45.7 Å². The van der Waals surface area contributed by atoms with E-state index < -0.39 is 12.1 Å². The van der Waals surface area contributed by atoms with Gasteiger partial charge < -0.3 is 10.2 Å². The third kappa shape index (κ3) is 3.48. The predicted molar refractivity (Wildman–Crippen MR) is 72.2 cm³/mol. The predicted octanol–water partition coefficient (Wildman–Crippen LogP) is 1.89. The lowest BCUT2D eigenvalue weighted by Crippen LogP contribution is -2.63. The Bertz CT molecular complexity index is 355. The topological polar surface area (TPSA) is 49.4 Å². The minimum atomic E-state index is -0.434. The second kappa shape index (κ2) is 6.23. The maximum absolute atomic E-state index is 12.3. The van der Waals surface area contributed by atoms with Crippen LogP contribution in [-0.2, 0) is 9.59 Å². The van der Waals surface area contributed by atoms with Crippen molar-refractivity contribution >= 4 is 23.4 Å². The molecule has 18 heavy (non-hydrogen) atoms. The molecule has 1 aliphatic rings. The minimum absolute atomic E-state index is 0.0584. The highest BCUT2D eigenvalue weighted by Gasteiger charge is 2.39. The highest BCUT2D eigenvalue weighted by atomic mass is 35.5. The van der Waals surface area contributed by atoms with Gasteiger partial charge in [0, 0.05) is 5.03 Å². The monoisotopic (exact) mass is 272 g/mol. The van der Waals surface area contributed by atoms with Gasteiger partial charge in [0.1, 0.15) is 12.1 Å². The summed E-state index contributed by atoms with van der Waals surface area (Å²) in [6, 6.07) is -0.868. The molecule has 1 heterocycles. The van der Waals surface area contributed by atoms with Crippen molar-refractivity contribution in [1.82, 2.24) is 10.2 Å². The summed E-state index contributed by atoms with van der Waals surface area (Å²) in [5.41, 5.74) is 0. The summed E-state index contributed by atoms with van der Waals surface area (Å²) >= 11 is 5.78. The van der Waals surface area contributed by atoms with Gasteiger partial charge in [-0.15, -0.1) is 0 Å². The van der Waals surface area contributed by atoms with Crippen molar-refractivity contribution in [3.63, 3.8) is 0 Å². The van der Waals surface area contributed by atoms with Gasteiger partial charge in [-0.1, -0.05) is 39.0 Å². The Kier molecular flexibility index (Phi) is 5.20. The second-order valence-corrected chi connectivity index (χ2v) is 5.63. The van der Waals surface area contributed by atoms with Gasteiger partial charge in [-0.05, 0) is 18.8 Å². The van der Waals surface area contributed by atoms with Gasteiger partial charge in [-0.2, -0.15) is 0 Å². The van der Waals surface area contributed by atoms with Crippen LogP contribution in [0.3, 0.4) is 0 Å². The van der Waals surface area contributed by atoms with E-state index in [2.05, 4.69) is 11.9 Å². The van der Waals surface area contributed by atoms with E-state index in [0.717, 1.165) is 0 Å².